The van der Waals surface area contributed by atoms with E-state index < -0.39 is 16.6 Å². The number of benzene rings is 1. The van der Waals surface area contributed by atoms with Crippen LogP contribution in [-0.4, -0.2) is 23.6 Å². The predicted octanol–water partition coefficient (Wildman–Crippen LogP) is 1.15. The predicted molar refractivity (Wildman–Crippen MR) is 51.6 cm³/mol. The van der Waals surface area contributed by atoms with Crippen molar-refractivity contribution in [3.8, 4) is 0 Å². The van der Waals surface area contributed by atoms with Gasteiger partial charge in [-0.2, -0.15) is 0 Å². The van der Waals surface area contributed by atoms with E-state index in [0.717, 1.165) is 0 Å². The van der Waals surface area contributed by atoms with Gasteiger partial charge in [0.05, 0.1) is 15.7 Å². The molecule has 0 bridgehead atoms. The van der Waals surface area contributed by atoms with Crippen LogP contribution in [-0.2, 0) is 10.8 Å². The first kappa shape index (κ1) is 10.3. The Kier molecular flexibility index (Phi) is 4.05. The summed E-state index contributed by atoms with van der Waals surface area (Å²) in [5, 5.41) is 2.87. The highest BCUT2D eigenvalue weighted by Crippen LogP contribution is 2.10. The second-order valence-corrected chi connectivity index (χ2v) is 4.12. The second kappa shape index (κ2) is 5.09. The van der Waals surface area contributed by atoms with Crippen molar-refractivity contribution in [3.63, 3.8) is 0 Å². The third-order valence-corrected chi connectivity index (χ3v) is 3.02. The molecule has 4 heteroatoms. The first-order valence-corrected chi connectivity index (χ1v) is 5.35. The van der Waals surface area contributed by atoms with Crippen molar-refractivity contribution in [1.29, 1.82) is 0 Å². The zero-order chi connectivity index (χ0) is 9.68. The normalized spacial score (nSPS) is 12.8. The van der Waals surface area contributed by atoms with Crippen molar-refractivity contribution in [2.45, 2.75) is 4.90 Å². The number of hydrogen-bond acceptors (Lipinski definition) is 2. The van der Waals surface area contributed by atoms with Crippen molar-refractivity contribution >= 4 is 10.8 Å². The van der Waals surface area contributed by atoms with Gasteiger partial charge in [0.1, 0.15) is 5.82 Å². The zero-order valence-corrected chi connectivity index (χ0v) is 8.23. The molecule has 0 aliphatic carbocycles. The first-order chi connectivity index (χ1) is 6.25. The van der Waals surface area contributed by atoms with Crippen LogP contribution in [0.5, 0.6) is 0 Å². The molecule has 0 spiro atoms. The van der Waals surface area contributed by atoms with Crippen LogP contribution < -0.4 is 5.32 Å². The molecule has 0 aliphatic rings. The maximum absolute atomic E-state index is 13.1. The van der Waals surface area contributed by atoms with Crippen molar-refractivity contribution < 1.29 is 8.60 Å². The van der Waals surface area contributed by atoms with Gasteiger partial charge in [-0.05, 0) is 19.2 Å². The van der Waals surface area contributed by atoms with Gasteiger partial charge in [-0.25, -0.2) is 4.39 Å². The van der Waals surface area contributed by atoms with Gasteiger partial charge in [0, 0.05) is 12.3 Å². The standard InChI is InChI=1S/C9H12FNOS/c1-11-6-7-13(12)9-5-3-2-4-8(9)10/h2-5,11H,6-7H2,1H3. The van der Waals surface area contributed by atoms with E-state index in [9.17, 15) is 8.60 Å². The molecule has 0 aliphatic heterocycles. The summed E-state index contributed by atoms with van der Waals surface area (Å²) in [6.45, 7) is 0.626. The molecule has 0 heterocycles. The van der Waals surface area contributed by atoms with Crippen molar-refractivity contribution in [3.05, 3.63) is 30.1 Å². The summed E-state index contributed by atoms with van der Waals surface area (Å²) in [7, 11) is 0.544. The molecular formula is C9H12FNOS. The summed E-state index contributed by atoms with van der Waals surface area (Å²) in [5.41, 5.74) is 0. The lowest BCUT2D eigenvalue weighted by atomic mass is 10.3. The Morgan fingerprint density at radius 2 is 2.15 bits per heavy atom. The van der Waals surface area contributed by atoms with Crippen LogP contribution in [0.1, 0.15) is 0 Å². The number of rotatable bonds is 4. The van der Waals surface area contributed by atoms with Gasteiger partial charge in [-0.3, -0.25) is 4.21 Å². The molecule has 13 heavy (non-hydrogen) atoms. The van der Waals surface area contributed by atoms with Crippen LogP contribution in [0.2, 0.25) is 0 Å². The van der Waals surface area contributed by atoms with Gasteiger partial charge in [0.2, 0.25) is 0 Å². The molecule has 1 atom stereocenters. The fourth-order valence-corrected chi connectivity index (χ4v) is 2.06. The summed E-state index contributed by atoms with van der Waals surface area (Å²) < 4.78 is 24.5. The molecule has 1 aromatic rings. The van der Waals surface area contributed by atoms with Gasteiger partial charge in [0.25, 0.3) is 0 Å². The lowest BCUT2D eigenvalue weighted by Crippen LogP contribution is -2.16. The zero-order valence-electron chi connectivity index (χ0n) is 7.42. The number of halogens is 1. The van der Waals surface area contributed by atoms with Crippen molar-refractivity contribution in [2.75, 3.05) is 19.3 Å². The van der Waals surface area contributed by atoms with Crippen LogP contribution in [0.3, 0.4) is 0 Å². The lowest BCUT2D eigenvalue weighted by Gasteiger charge is -2.02. The van der Waals surface area contributed by atoms with Gasteiger partial charge in [-0.1, -0.05) is 12.1 Å². The summed E-state index contributed by atoms with van der Waals surface area (Å²) in [6, 6.07) is 6.16. The Morgan fingerprint density at radius 3 is 2.77 bits per heavy atom. The van der Waals surface area contributed by atoms with Gasteiger partial charge >= 0.3 is 0 Å². The fraction of sp³-hybridized carbons (Fsp3) is 0.333. The van der Waals surface area contributed by atoms with Crippen LogP contribution in [0.15, 0.2) is 29.2 Å². The molecule has 0 saturated carbocycles. The summed E-state index contributed by atoms with van der Waals surface area (Å²) in [4.78, 5) is 0.290. The van der Waals surface area contributed by atoms with Crippen LogP contribution in [0, 0.1) is 5.82 Å². The first-order valence-electron chi connectivity index (χ1n) is 4.03. The van der Waals surface area contributed by atoms with E-state index in [4.69, 9.17) is 0 Å². The van der Waals surface area contributed by atoms with E-state index in [2.05, 4.69) is 5.32 Å². The van der Waals surface area contributed by atoms with E-state index in [-0.39, 0.29) is 4.90 Å². The molecule has 0 saturated heterocycles. The minimum atomic E-state index is -1.23. The van der Waals surface area contributed by atoms with E-state index in [1.165, 1.54) is 6.07 Å². The van der Waals surface area contributed by atoms with E-state index in [0.29, 0.717) is 12.3 Å². The Balaban J connectivity index is 2.71. The third-order valence-electron chi connectivity index (χ3n) is 1.62. The van der Waals surface area contributed by atoms with Gasteiger partial charge < -0.3 is 5.32 Å². The fourth-order valence-electron chi connectivity index (χ4n) is 0.934. The van der Waals surface area contributed by atoms with E-state index >= 15 is 0 Å². The highest BCUT2D eigenvalue weighted by Gasteiger charge is 2.07. The highest BCUT2D eigenvalue weighted by atomic mass is 32.2. The highest BCUT2D eigenvalue weighted by molar-refractivity contribution is 7.85. The Bertz CT molecular complexity index is 303. The molecule has 0 radical (unpaired) electrons. The Morgan fingerprint density at radius 1 is 1.46 bits per heavy atom. The largest absolute Gasteiger partial charge is 0.319 e. The number of hydrogen-bond donors (Lipinski definition) is 1. The molecule has 72 valence electrons. The summed E-state index contributed by atoms with van der Waals surface area (Å²) >= 11 is 0. The molecule has 0 amide bonds. The third kappa shape index (κ3) is 2.90. The lowest BCUT2D eigenvalue weighted by molar-refractivity contribution is 0.595. The van der Waals surface area contributed by atoms with Crippen LogP contribution in [0.4, 0.5) is 4.39 Å². The summed E-state index contributed by atoms with van der Waals surface area (Å²) in [5.74, 6) is 0.0502. The van der Waals surface area contributed by atoms with Crippen LogP contribution >= 0.6 is 0 Å². The monoisotopic (exact) mass is 201 g/mol. The molecule has 1 aromatic carbocycles. The Labute approximate surface area is 79.6 Å². The van der Waals surface area contributed by atoms with Crippen LogP contribution in [0.25, 0.3) is 0 Å². The summed E-state index contributed by atoms with van der Waals surface area (Å²) in [6.07, 6.45) is 0. The second-order valence-electron chi connectivity index (χ2n) is 2.58. The van der Waals surface area contributed by atoms with Crippen molar-refractivity contribution in [1.82, 2.24) is 5.32 Å². The minimum absolute atomic E-state index is 0.290. The van der Waals surface area contributed by atoms with E-state index in [1.807, 2.05) is 0 Å². The molecular weight excluding hydrogens is 189 g/mol. The van der Waals surface area contributed by atoms with Crippen molar-refractivity contribution in [2.24, 2.45) is 0 Å². The topological polar surface area (TPSA) is 29.1 Å². The molecule has 1 N–H and O–H groups in total. The minimum Gasteiger partial charge on any atom is -0.319 e. The quantitative estimate of drug-likeness (QED) is 0.792. The SMILES string of the molecule is CNCCS(=O)c1ccccc1F. The molecule has 1 rings (SSSR count). The molecule has 0 aromatic heterocycles. The molecule has 2 nitrogen and oxygen atoms in total. The maximum Gasteiger partial charge on any atom is 0.139 e. The average molecular weight is 201 g/mol. The van der Waals surface area contributed by atoms with Gasteiger partial charge in [-0.15, -0.1) is 0 Å². The molecule has 1 unspecified atom stereocenters. The average Bonchev–Trinajstić information content (AvgIpc) is 2.15. The molecule has 0 fully saturated rings. The van der Waals surface area contributed by atoms with Gasteiger partial charge in [0.15, 0.2) is 0 Å². The van der Waals surface area contributed by atoms with E-state index in [1.54, 1.807) is 25.2 Å². The maximum atomic E-state index is 13.1. The number of nitrogens with one attached hydrogen (secondary N) is 1. The Hall–Kier alpha value is -0.740. The smallest absolute Gasteiger partial charge is 0.139 e.